The van der Waals surface area contributed by atoms with Crippen LogP contribution < -0.4 is 5.32 Å². The molecule has 1 amide bonds. The summed E-state index contributed by atoms with van der Waals surface area (Å²) in [6.45, 7) is 4.07. The van der Waals surface area contributed by atoms with E-state index in [9.17, 15) is 4.79 Å². The zero-order chi connectivity index (χ0) is 16.1. The fourth-order valence-corrected chi connectivity index (χ4v) is 2.59. The molecule has 0 fully saturated rings. The van der Waals surface area contributed by atoms with Gasteiger partial charge in [-0.15, -0.1) is 0 Å². The molecule has 118 valence electrons. The number of aliphatic hydroxyl groups excluding tert-OH is 1. The SMILES string of the molecule is CC(C)[C@H](CCO)NC(=O)c1c[nH]c(=S)n1-c1ccccc1. The Labute approximate surface area is 135 Å². The molecule has 0 bridgehead atoms. The molecule has 0 aliphatic rings. The van der Waals surface area contributed by atoms with Gasteiger partial charge in [0.1, 0.15) is 5.69 Å². The first-order chi connectivity index (χ1) is 10.5. The Morgan fingerprint density at radius 2 is 2.05 bits per heavy atom. The lowest BCUT2D eigenvalue weighted by Gasteiger charge is -2.21. The van der Waals surface area contributed by atoms with E-state index in [-0.39, 0.29) is 24.5 Å². The van der Waals surface area contributed by atoms with Gasteiger partial charge in [0.15, 0.2) is 4.77 Å². The van der Waals surface area contributed by atoms with E-state index >= 15 is 0 Å². The van der Waals surface area contributed by atoms with Crippen LogP contribution in [0.3, 0.4) is 0 Å². The minimum Gasteiger partial charge on any atom is -0.396 e. The van der Waals surface area contributed by atoms with Crippen molar-refractivity contribution in [1.29, 1.82) is 0 Å². The quantitative estimate of drug-likeness (QED) is 0.717. The summed E-state index contributed by atoms with van der Waals surface area (Å²) in [5.41, 5.74) is 1.29. The van der Waals surface area contributed by atoms with Crippen molar-refractivity contribution in [3.63, 3.8) is 0 Å². The van der Waals surface area contributed by atoms with Crippen LogP contribution in [0.1, 0.15) is 30.8 Å². The van der Waals surface area contributed by atoms with E-state index < -0.39 is 0 Å². The average Bonchev–Trinajstić information content (AvgIpc) is 2.89. The molecule has 3 N–H and O–H groups in total. The molecule has 0 aliphatic carbocycles. The van der Waals surface area contributed by atoms with Crippen LogP contribution in [0.2, 0.25) is 0 Å². The molecule has 0 aliphatic heterocycles. The van der Waals surface area contributed by atoms with Gasteiger partial charge in [-0.25, -0.2) is 0 Å². The number of hydrogen-bond donors (Lipinski definition) is 3. The molecule has 1 atom stereocenters. The van der Waals surface area contributed by atoms with Crippen LogP contribution in [0, 0.1) is 10.7 Å². The lowest BCUT2D eigenvalue weighted by atomic mass is 10.0. The summed E-state index contributed by atoms with van der Waals surface area (Å²) in [4.78, 5) is 15.5. The van der Waals surface area contributed by atoms with Crippen LogP contribution in [0.5, 0.6) is 0 Å². The van der Waals surface area contributed by atoms with E-state index in [1.165, 1.54) is 0 Å². The number of para-hydroxylation sites is 1. The van der Waals surface area contributed by atoms with Gasteiger partial charge in [-0.1, -0.05) is 32.0 Å². The maximum atomic E-state index is 12.6. The van der Waals surface area contributed by atoms with E-state index in [1.807, 2.05) is 44.2 Å². The third-order valence-electron chi connectivity index (χ3n) is 3.58. The third kappa shape index (κ3) is 3.64. The number of nitrogens with zero attached hydrogens (tertiary/aromatic N) is 1. The number of imidazole rings is 1. The number of benzene rings is 1. The monoisotopic (exact) mass is 319 g/mol. The highest BCUT2D eigenvalue weighted by Crippen LogP contribution is 2.14. The number of aliphatic hydroxyl groups is 1. The predicted molar refractivity (Wildman–Crippen MR) is 88.7 cm³/mol. The van der Waals surface area contributed by atoms with E-state index in [0.29, 0.717) is 16.9 Å². The van der Waals surface area contributed by atoms with Gasteiger partial charge in [0.25, 0.3) is 5.91 Å². The van der Waals surface area contributed by atoms with Crippen LogP contribution in [-0.4, -0.2) is 33.2 Å². The maximum absolute atomic E-state index is 12.6. The molecular formula is C16H21N3O2S. The topological polar surface area (TPSA) is 70.1 Å². The largest absolute Gasteiger partial charge is 0.396 e. The molecule has 2 rings (SSSR count). The number of rotatable bonds is 6. The third-order valence-corrected chi connectivity index (χ3v) is 3.89. The molecule has 5 nitrogen and oxygen atoms in total. The number of hydrogen-bond acceptors (Lipinski definition) is 3. The van der Waals surface area contributed by atoms with E-state index in [2.05, 4.69) is 10.3 Å². The van der Waals surface area contributed by atoms with Gasteiger partial charge in [-0.05, 0) is 36.7 Å². The zero-order valence-corrected chi connectivity index (χ0v) is 13.6. The number of aromatic nitrogens is 2. The van der Waals surface area contributed by atoms with Crippen LogP contribution in [0.15, 0.2) is 36.5 Å². The first kappa shape index (κ1) is 16.5. The summed E-state index contributed by atoms with van der Waals surface area (Å²) in [6.07, 6.45) is 2.14. The van der Waals surface area contributed by atoms with Crippen LogP contribution in [0.25, 0.3) is 5.69 Å². The van der Waals surface area contributed by atoms with E-state index in [4.69, 9.17) is 17.3 Å². The second-order valence-corrected chi connectivity index (χ2v) is 5.87. The molecular weight excluding hydrogens is 298 g/mol. The molecule has 2 aromatic rings. The van der Waals surface area contributed by atoms with Crippen LogP contribution in [-0.2, 0) is 0 Å². The molecule has 1 heterocycles. The summed E-state index contributed by atoms with van der Waals surface area (Å²) in [7, 11) is 0. The number of amides is 1. The summed E-state index contributed by atoms with van der Waals surface area (Å²) in [5, 5.41) is 12.1. The molecule has 0 spiro atoms. The van der Waals surface area contributed by atoms with Gasteiger partial charge in [-0.2, -0.15) is 0 Å². The fourth-order valence-electron chi connectivity index (χ4n) is 2.32. The summed E-state index contributed by atoms with van der Waals surface area (Å²) in [6, 6.07) is 9.42. The van der Waals surface area contributed by atoms with Crippen molar-refractivity contribution in [3.05, 3.63) is 47.0 Å². The Kier molecular flexibility index (Phi) is 5.51. The molecule has 0 saturated heterocycles. The fraction of sp³-hybridized carbons (Fsp3) is 0.375. The van der Waals surface area contributed by atoms with Crippen molar-refractivity contribution in [2.75, 3.05) is 6.61 Å². The normalized spacial score (nSPS) is 12.4. The number of aromatic amines is 1. The van der Waals surface area contributed by atoms with Crippen molar-refractivity contribution in [1.82, 2.24) is 14.9 Å². The van der Waals surface area contributed by atoms with Gasteiger partial charge in [0.05, 0.1) is 0 Å². The number of carbonyl (C=O) groups is 1. The Morgan fingerprint density at radius 3 is 2.64 bits per heavy atom. The molecule has 0 unspecified atom stereocenters. The Hall–Kier alpha value is -1.92. The standard InChI is InChI=1S/C16H21N3O2S/c1-11(2)13(8-9-20)18-15(21)14-10-17-16(22)19(14)12-6-4-3-5-7-12/h3-7,10-11,13,20H,8-9H2,1-2H3,(H,17,22)(H,18,21)/t13-/m0/s1. The van der Waals surface area contributed by atoms with Crippen LogP contribution >= 0.6 is 12.2 Å². The molecule has 1 aromatic carbocycles. The molecule has 1 aromatic heterocycles. The van der Waals surface area contributed by atoms with Gasteiger partial charge in [0.2, 0.25) is 0 Å². The number of H-pyrrole nitrogens is 1. The summed E-state index contributed by atoms with van der Waals surface area (Å²) < 4.78 is 2.18. The molecule has 22 heavy (non-hydrogen) atoms. The number of nitrogens with one attached hydrogen (secondary N) is 2. The van der Waals surface area contributed by atoms with Crippen molar-refractivity contribution in [3.8, 4) is 5.69 Å². The van der Waals surface area contributed by atoms with E-state index in [1.54, 1.807) is 10.8 Å². The highest BCUT2D eigenvalue weighted by Gasteiger charge is 2.20. The lowest BCUT2D eigenvalue weighted by Crippen LogP contribution is -2.39. The van der Waals surface area contributed by atoms with Gasteiger partial charge < -0.3 is 15.4 Å². The van der Waals surface area contributed by atoms with E-state index in [0.717, 1.165) is 5.69 Å². The smallest absolute Gasteiger partial charge is 0.270 e. The van der Waals surface area contributed by atoms with Gasteiger partial charge in [-0.3, -0.25) is 9.36 Å². The average molecular weight is 319 g/mol. The highest BCUT2D eigenvalue weighted by atomic mass is 32.1. The molecule has 0 saturated carbocycles. The lowest BCUT2D eigenvalue weighted by molar-refractivity contribution is 0.0909. The Balaban J connectivity index is 2.30. The second-order valence-electron chi connectivity index (χ2n) is 5.49. The summed E-state index contributed by atoms with van der Waals surface area (Å²) >= 11 is 5.28. The molecule has 6 heteroatoms. The number of carbonyl (C=O) groups excluding carboxylic acids is 1. The molecule has 0 radical (unpaired) electrons. The zero-order valence-electron chi connectivity index (χ0n) is 12.7. The van der Waals surface area contributed by atoms with Gasteiger partial charge in [0, 0.05) is 24.5 Å². The maximum Gasteiger partial charge on any atom is 0.270 e. The Morgan fingerprint density at radius 1 is 1.36 bits per heavy atom. The van der Waals surface area contributed by atoms with Gasteiger partial charge >= 0.3 is 0 Å². The predicted octanol–water partition coefficient (Wildman–Crippen LogP) is 2.67. The minimum atomic E-state index is -0.205. The Bertz CT molecular complexity index is 676. The summed E-state index contributed by atoms with van der Waals surface area (Å²) in [5.74, 6) is 0.0338. The van der Waals surface area contributed by atoms with Crippen molar-refractivity contribution < 1.29 is 9.90 Å². The second kappa shape index (κ2) is 7.38. The van der Waals surface area contributed by atoms with Crippen LogP contribution in [0.4, 0.5) is 0 Å². The van der Waals surface area contributed by atoms with Crippen molar-refractivity contribution in [2.24, 2.45) is 5.92 Å². The highest BCUT2D eigenvalue weighted by molar-refractivity contribution is 7.71. The van der Waals surface area contributed by atoms with Crippen molar-refractivity contribution >= 4 is 18.1 Å². The first-order valence-corrected chi connectivity index (χ1v) is 7.73. The first-order valence-electron chi connectivity index (χ1n) is 7.32. The van der Waals surface area contributed by atoms with Crippen molar-refractivity contribution in [2.45, 2.75) is 26.3 Å². The minimum absolute atomic E-state index is 0.0429.